The van der Waals surface area contributed by atoms with Crippen molar-refractivity contribution in [2.24, 2.45) is 5.92 Å². The van der Waals surface area contributed by atoms with Crippen molar-refractivity contribution >= 4 is 16.0 Å². The third-order valence-electron chi connectivity index (χ3n) is 3.93. The van der Waals surface area contributed by atoms with Gasteiger partial charge in [0.15, 0.2) is 0 Å². The third-order valence-corrected chi connectivity index (χ3v) is 6.02. The number of aliphatic carboxylic acids is 1. The Morgan fingerprint density at radius 3 is 2.73 bits per heavy atom. The molecule has 1 aromatic rings. The molecule has 2 unspecified atom stereocenters. The van der Waals surface area contributed by atoms with E-state index < -0.39 is 22.0 Å². The molecule has 0 aromatic carbocycles. The first-order chi connectivity index (χ1) is 10.3. The number of nitrogens with zero attached hydrogens (tertiary/aromatic N) is 4. The number of hydrogen-bond donors (Lipinski definition) is 1. The molecule has 2 atom stereocenters. The summed E-state index contributed by atoms with van der Waals surface area (Å²) in [5.41, 5.74) is 0. The molecule has 1 aromatic heterocycles. The lowest BCUT2D eigenvalue weighted by molar-refractivity contribution is -0.142. The van der Waals surface area contributed by atoms with Crippen LogP contribution in [0.5, 0.6) is 0 Å². The van der Waals surface area contributed by atoms with Crippen molar-refractivity contribution in [2.75, 3.05) is 5.75 Å². The minimum Gasteiger partial charge on any atom is -0.480 e. The Bertz CT molecular complexity index is 655. The second-order valence-electron chi connectivity index (χ2n) is 5.85. The van der Waals surface area contributed by atoms with E-state index in [1.54, 1.807) is 11.5 Å². The molecule has 2 heterocycles. The molecule has 1 aliphatic heterocycles. The minimum atomic E-state index is -3.66. The number of carboxylic acids is 1. The van der Waals surface area contributed by atoms with Crippen molar-refractivity contribution in [3.8, 4) is 0 Å². The van der Waals surface area contributed by atoms with Gasteiger partial charge in [-0.05, 0) is 19.3 Å². The Morgan fingerprint density at radius 1 is 1.45 bits per heavy atom. The van der Waals surface area contributed by atoms with Gasteiger partial charge in [-0.3, -0.25) is 4.79 Å². The molecular formula is C13H22N4O4S. The maximum absolute atomic E-state index is 12.6. The zero-order chi connectivity index (χ0) is 16.5. The summed E-state index contributed by atoms with van der Waals surface area (Å²) in [7, 11) is -3.66. The predicted molar refractivity (Wildman–Crippen MR) is 79.6 cm³/mol. The van der Waals surface area contributed by atoms with Gasteiger partial charge in [0.05, 0.1) is 18.8 Å². The monoisotopic (exact) mass is 330 g/mol. The average molecular weight is 330 g/mol. The molecule has 1 aliphatic rings. The van der Waals surface area contributed by atoms with E-state index in [1.165, 1.54) is 0 Å². The smallest absolute Gasteiger partial charge is 0.323 e. The summed E-state index contributed by atoms with van der Waals surface area (Å²) in [4.78, 5) is 11.5. The highest BCUT2D eigenvalue weighted by Gasteiger charge is 2.40. The SMILES string of the molecule is CCCC(C)CS(=O)(=O)N1Cc2nnc(C)n2CC1C(=O)O. The molecule has 8 nitrogen and oxygen atoms in total. The number of fused-ring (bicyclic) bond motifs is 1. The fourth-order valence-electron chi connectivity index (χ4n) is 2.82. The summed E-state index contributed by atoms with van der Waals surface area (Å²) in [6.45, 7) is 5.59. The number of hydrogen-bond acceptors (Lipinski definition) is 5. The van der Waals surface area contributed by atoms with E-state index in [-0.39, 0.29) is 24.8 Å². The lowest BCUT2D eigenvalue weighted by Gasteiger charge is -2.33. The molecule has 0 fully saturated rings. The molecule has 0 aliphatic carbocycles. The quantitative estimate of drug-likeness (QED) is 0.820. The summed E-state index contributed by atoms with van der Waals surface area (Å²) in [6.07, 6.45) is 1.69. The number of carboxylic acid groups (broad SMARTS) is 1. The zero-order valence-corrected chi connectivity index (χ0v) is 13.9. The third kappa shape index (κ3) is 3.30. The Balaban J connectivity index is 2.29. The van der Waals surface area contributed by atoms with Crippen LogP contribution in [0.3, 0.4) is 0 Å². The molecule has 0 spiro atoms. The van der Waals surface area contributed by atoms with E-state index in [0.717, 1.165) is 17.1 Å². The number of aryl methyl sites for hydroxylation is 1. The molecule has 0 saturated heterocycles. The average Bonchev–Trinajstić information content (AvgIpc) is 2.78. The summed E-state index contributed by atoms with van der Waals surface area (Å²) < 4.78 is 27.9. The summed E-state index contributed by atoms with van der Waals surface area (Å²) in [5, 5.41) is 17.2. The van der Waals surface area contributed by atoms with Gasteiger partial charge in [-0.1, -0.05) is 20.3 Å². The van der Waals surface area contributed by atoms with Crippen LogP contribution in [0, 0.1) is 12.8 Å². The van der Waals surface area contributed by atoms with Gasteiger partial charge in [-0.25, -0.2) is 8.42 Å². The first-order valence-electron chi connectivity index (χ1n) is 7.37. The fraction of sp³-hybridized carbons (Fsp3) is 0.769. The minimum absolute atomic E-state index is 0.00835. The maximum Gasteiger partial charge on any atom is 0.323 e. The molecule has 1 N–H and O–H groups in total. The van der Waals surface area contributed by atoms with Gasteiger partial charge >= 0.3 is 5.97 Å². The normalized spacial score (nSPS) is 20.6. The maximum atomic E-state index is 12.6. The molecule has 0 amide bonds. The summed E-state index contributed by atoms with van der Waals surface area (Å²) >= 11 is 0. The van der Waals surface area contributed by atoms with Crippen molar-refractivity contribution < 1.29 is 18.3 Å². The first kappa shape index (κ1) is 16.9. The number of rotatable bonds is 6. The van der Waals surface area contributed by atoms with Gasteiger partial charge in [-0.15, -0.1) is 10.2 Å². The van der Waals surface area contributed by atoms with E-state index in [4.69, 9.17) is 0 Å². The Kier molecular flexibility index (Phi) is 4.86. The van der Waals surface area contributed by atoms with Crippen LogP contribution >= 0.6 is 0 Å². The van der Waals surface area contributed by atoms with Crippen LogP contribution < -0.4 is 0 Å². The van der Waals surface area contributed by atoms with Gasteiger partial charge in [0.1, 0.15) is 17.7 Å². The zero-order valence-electron chi connectivity index (χ0n) is 13.1. The largest absolute Gasteiger partial charge is 0.480 e. The molecule has 0 radical (unpaired) electrons. The highest BCUT2D eigenvalue weighted by Crippen LogP contribution is 2.23. The predicted octanol–water partition coefficient (Wildman–Crippen LogP) is 0.621. The van der Waals surface area contributed by atoms with Crippen LogP contribution in [-0.2, 0) is 27.9 Å². The van der Waals surface area contributed by atoms with Gasteiger partial charge in [0.2, 0.25) is 10.0 Å². The van der Waals surface area contributed by atoms with Crippen LogP contribution in [-0.4, -0.2) is 50.4 Å². The van der Waals surface area contributed by atoms with Crippen LogP contribution in [0.4, 0.5) is 0 Å². The van der Waals surface area contributed by atoms with E-state index in [1.807, 2.05) is 13.8 Å². The lowest BCUT2D eigenvalue weighted by atomic mass is 10.1. The van der Waals surface area contributed by atoms with E-state index in [2.05, 4.69) is 10.2 Å². The number of sulfonamides is 1. The van der Waals surface area contributed by atoms with E-state index in [9.17, 15) is 18.3 Å². The number of carbonyl (C=O) groups is 1. The fourth-order valence-corrected chi connectivity index (χ4v) is 4.75. The molecule has 9 heteroatoms. The Hall–Kier alpha value is -1.48. The van der Waals surface area contributed by atoms with Crippen molar-refractivity contribution in [1.82, 2.24) is 19.1 Å². The van der Waals surface area contributed by atoms with E-state index in [0.29, 0.717) is 11.6 Å². The molecule has 0 bridgehead atoms. The highest BCUT2D eigenvalue weighted by atomic mass is 32.2. The Morgan fingerprint density at radius 2 is 2.14 bits per heavy atom. The molecule has 2 rings (SSSR count). The van der Waals surface area contributed by atoms with Crippen LogP contribution in [0.15, 0.2) is 0 Å². The lowest BCUT2D eigenvalue weighted by Crippen LogP contribution is -2.51. The number of aromatic nitrogens is 3. The van der Waals surface area contributed by atoms with Crippen molar-refractivity contribution in [3.05, 3.63) is 11.6 Å². The van der Waals surface area contributed by atoms with Crippen LogP contribution in [0.2, 0.25) is 0 Å². The molecule has 22 heavy (non-hydrogen) atoms. The second kappa shape index (κ2) is 6.33. The summed E-state index contributed by atoms with van der Waals surface area (Å²) in [5.74, 6) is -0.117. The highest BCUT2D eigenvalue weighted by molar-refractivity contribution is 7.89. The second-order valence-corrected chi connectivity index (χ2v) is 7.81. The van der Waals surface area contributed by atoms with Crippen LogP contribution in [0.1, 0.15) is 38.3 Å². The Labute approximate surface area is 130 Å². The standard InChI is InChI=1S/C13H22N4O4S/c1-4-5-9(2)8-22(20,21)17-7-12-15-14-10(3)16(12)6-11(17)13(18)19/h9,11H,4-8H2,1-3H3,(H,18,19). The molecule has 0 saturated carbocycles. The first-order valence-corrected chi connectivity index (χ1v) is 8.98. The van der Waals surface area contributed by atoms with Crippen LogP contribution in [0.25, 0.3) is 0 Å². The van der Waals surface area contributed by atoms with Crippen molar-refractivity contribution in [3.63, 3.8) is 0 Å². The molecule has 124 valence electrons. The van der Waals surface area contributed by atoms with Gasteiger partial charge in [0.25, 0.3) is 0 Å². The summed E-state index contributed by atoms with van der Waals surface area (Å²) in [6, 6.07) is -1.11. The topological polar surface area (TPSA) is 105 Å². The van der Waals surface area contributed by atoms with E-state index >= 15 is 0 Å². The van der Waals surface area contributed by atoms with Crippen molar-refractivity contribution in [1.29, 1.82) is 0 Å². The van der Waals surface area contributed by atoms with Gasteiger partial charge < -0.3 is 9.67 Å². The van der Waals surface area contributed by atoms with Gasteiger partial charge in [-0.2, -0.15) is 4.31 Å². The van der Waals surface area contributed by atoms with Crippen molar-refractivity contribution in [2.45, 2.75) is 52.7 Å². The van der Waals surface area contributed by atoms with Gasteiger partial charge in [0, 0.05) is 0 Å². The molecular weight excluding hydrogens is 308 g/mol.